The number of hydrogen-bond donors (Lipinski definition) is 5. The molecule has 1 heterocycles. The predicted octanol–water partition coefficient (Wildman–Crippen LogP) is 3.10. The van der Waals surface area contributed by atoms with E-state index in [1.165, 1.54) is 4.90 Å². The van der Waals surface area contributed by atoms with Crippen LogP contribution in [0.2, 0.25) is 10.0 Å². The highest BCUT2D eigenvalue weighted by atomic mass is 35.5. The second-order valence-electron chi connectivity index (χ2n) is 11.4. The molecule has 14 heteroatoms. The molecule has 0 spiro atoms. The van der Waals surface area contributed by atoms with E-state index in [2.05, 4.69) is 15.4 Å². The first kappa shape index (κ1) is 36.3. The molecule has 0 aromatic heterocycles. The first-order valence-electron chi connectivity index (χ1n) is 15.3. The number of benzene rings is 3. The lowest BCUT2D eigenvalue weighted by Crippen LogP contribution is -2.53. The van der Waals surface area contributed by atoms with Crippen LogP contribution in [0, 0.1) is 0 Å². The van der Waals surface area contributed by atoms with Crippen LogP contribution in [0.3, 0.4) is 0 Å². The Balaban J connectivity index is 1.46. The molecule has 0 aliphatic carbocycles. The van der Waals surface area contributed by atoms with E-state index in [1.54, 1.807) is 66.7 Å². The van der Waals surface area contributed by atoms with Crippen molar-refractivity contribution >= 4 is 50.9 Å². The number of rotatable bonds is 15. The summed E-state index contributed by atoms with van der Waals surface area (Å²) in [4.78, 5) is 41.6. The van der Waals surface area contributed by atoms with Gasteiger partial charge in [-0.15, -0.1) is 0 Å². The maximum Gasteiger partial charge on any atom is 0.243 e. The third-order valence-corrected chi connectivity index (χ3v) is 9.85. The molecular formula is C33H40Cl2N6O5S. The van der Waals surface area contributed by atoms with Crippen molar-refractivity contribution < 1.29 is 22.8 Å². The van der Waals surface area contributed by atoms with Gasteiger partial charge in [0.05, 0.1) is 5.75 Å². The summed E-state index contributed by atoms with van der Waals surface area (Å²) in [6.07, 6.45) is 0.696. The number of nitrogens with zero attached hydrogens (tertiary/aromatic N) is 1. The number of amides is 3. The lowest BCUT2D eigenvalue weighted by Gasteiger charge is -2.29. The highest BCUT2D eigenvalue weighted by molar-refractivity contribution is 7.88. The van der Waals surface area contributed by atoms with E-state index in [-0.39, 0.29) is 63.1 Å². The number of likely N-dealkylation sites (tertiary alicyclic amines) is 1. The summed E-state index contributed by atoms with van der Waals surface area (Å²) in [5, 5.41) is 6.68. The van der Waals surface area contributed by atoms with Gasteiger partial charge in [-0.05, 0) is 71.3 Å². The van der Waals surface area contributed by atoms with Crippen molar-refractivity contribution in [1.29, 1.82) is 0 Å². The van der Waals surface area contributed by atoms with Gasteiger partial charge in [0.2, 0.25) is 27.7 Å². The van der Waals surface area contributed by atoms with E-state index in [0.717, 1.165) is 22.3 Å². The van der Waals surface area contributed by atoms with Gasteiger partial charge in [0.25, 0.3) is 0 Å². The third-order valence-electron chi connectivity index (χ3n) is 8.02. The molecule has 47 heavy (non-hydrogen) atoms. The average molecular weight is 704 g/mol. The summed E-state index contributed by atoms with van der Waals surface area (Å²) in [7, 11) is -4.00. The molecule has 2 atom stereocenters. The zero-order valence-electron chi connectivity index (χ0n) is 25.9. The van der Waals surface area contributed by atoms with Gasteiger partial charge in [-0.3, -0.25) is 14.4 Å². The van der Waals surface area contributed by atoms with Gasteiger partial charge in [0.1, 0.15) is 12.1 Å². The van der Waals surface area contributed by atoms with Gasteiger partial charge in [-0.1, -0.05) is 65.7 Å². The summed E-state index contributed by atoms with van der Waals surface area (Å²) in [5.41, 5.74) is 15.4. The highest BCUT2D eigenvalue weighted by Crippen LogP contribution is 2.22. The van der Waals surface area contributed by atoms with Crippen molar-refractivity contribution in [3.63, 3.8) is 0 Å². The number of hydrogen-bond acceptors (Lipinski definition) is 7. The molecule has 1 saturated heterocycles. The van der Waals surface area contributed by atoms with Crippen LogP contribution in [-0.2, 0) is 56.3 Å². The lowest BCUT2D eigenvalue weighted by atomic mass is 10.1. The van der Waals surface area contributed by atoms with Crippen molar-refractivity contribution in [3.8, 4) is 0 Å². The molecular weight excluding hydrogens is 663 g/mol. The fourth-order valence-corrected chi connectivity index (χ4v) is 7.32. The summed E-state index contributed by atoms with van der Waals surface area (Å²) in [6, 6.07) is 17.0. The summed E-state index contributed by atoms with van der Waals surface area (Å²) in [5.74, 6) is -1.69. The molecule has 1 aliphatic heterocycles. The molecule has 7 N–H and O–H groups in total. The normalized spacial score (nSPS) is 15.3. The van der Waals surface area contributed by atoms with Gasteiger partial charge in [0, 0.05) is 49.2 Å². The molecule has 11 nitrogen and oxygen atoms in total. The Hall–Kier alpha value is -3.52. The molecule has 252 valence electrons. The lowest BCUT2D eigenvalue weighted by molar-refractivity contribution is -0.140. The summed E-state index contributed by atoms with van der Waals surface area (Å²) >= 11 is 12.3. The minimum atomic E-state index is -4.00. The van der Waals surface area contributed by atoms with E-state index >= 15 is 0 Å². The second kappa shape index (κ2) is 17.0. The molecule has 1 fully saturated rings. The van der Waals surface area contributed by atoms with Crippen molar-refractivity contribution in [1.82, 2.24) is 20.3 Å². The predicted molar refractivity (Wildman–Crippen MR) is 182 cm³/mol. The van der Waals surface area contributed by atoms with Crippen LogP contribution >= 0.6 is 23.2 Å². The van der Waals surface area contributed by atoms with Gasteiger partial charge in [-0.25, -0.2) is 13.1 Å². The SMILES string of the molecule is NCc1ccc(Cl)cc1CNC(=O)CCC(NS(=O)(=O)Cc1ccccc1)C(=O)N1CCCC1C(=O)NCc1cc(Cl)ccc1CN. The maximum absolute atomic E-state index is 13.9. The van der Waals surface area contributed by atoms with E-state index in [9.17, 15) is 22.8 Å². The van der Waals surface area contributed by atoms with Crippen molar-refractivity contribution in [2.45, 2.75) is 69.7 Å². The number of nitrogens with two attached hydrogens (primary N) is 2. The van der Waals surface area contributed by atoms with Crippen molar-refractivity contribution in [2.75, 3.05) is 6.54 Å². The van der Waals surface area contributed by atoms with E-state index < -0.39 is 28.0 Å². The Morgan fingerprint density at radius 2 is 1.45 bits per heavy atom. The zero-order chi connectivity index (χ0) is 34.0. The molecule has 3 amide bonds. The first-order valence-corrected chi connectivity index (χ1v) is 17.7. The number of nitrogens with one attached hydrogen (secondary N) is 3. The Morgan fingerprint density at radius 1 is 0.851 bits per heavy atom. The Bertz CT molecular complexity index is 1680. The summed E-state index contributed by atoms with van der Waals surface area (Å²) < 4.78 is 29.0. The van der Waals surface area contributed by atoms with Crippen LogP contribution in [0.1, 0.15) is 53.5 Å². The third kappa shape index (κ3) is 10.5. The molecule has 3 aromatic carbocycles. The monoisotopic (exact) mass is 702 g/mol. The molecule has 0 saturated carbocycles. The van der Waals surface area contributed by atoms with Gasteiger partial charge in [0.15, 0.2) is 0 Å². The smallest absolute Gasteiger partial charge is 0.243 e. The van der Waals surface area contributed by atoms with Crippen LogP contribution in [0.25, 0.3) is 0 Å². The maximum atomic E-state index is 13.9. The minimum absolute atomic E-state index is 0.120. The highest BCUT2D eigenvalue weighted by Gasteiger charge is 2.38. The van der Waals surface area contributed by atoms with Crippen LogP contribution in [0.5, 0.6) is 0 Å². The molecule has 0 radical (unpaired) electrons. The van der Waals surface area contributed by atoms with E-state index in [4.69, 9.17) is 34.7 Å². The number of carbonyl (C=O) groups excluding carboxylic acids is 3. The average Bonchev–Trinajstić information content (AvgIpc) is 3.55. The largest absolute Gasteiger partial charge is 0.352 e. The van der Waals surface area contributed by atoms with E-state index in [1.807, 2.05) is 0 Å². The topological polar surface area (TPSA) is 177 Å². The number of carbonyl (C=O) groups is 3. The molecule has 4 rings (SSSR count). The molecule has 2 unspecified atom stereocenters. The number of halogens is 2. The Morgan fingerprint density at radius 3 is 2.04 bits per heavy atom. The molecule has 1 aliphatic rings. The quantitative estimate of drug-likeness (QED) is 0.162. The van der Waals surface area contributed by atoms with Crippen LogP contribution in [-0.4, -0.2) is 49.7 Å². The molecule has 0 bridgehead atoms. The Kier molecular flexibility index (Phi) is 13.2. The van der Waals surface area contributed by atoms with Crippen molar-refractivity contribution in [2.24, 2.45) is 11.5 Å². The van der Waals surface area contributed by atoms with Crippen LogP contribution in [0.4, 0.5) is 0 Å². The zero-order valence-corrected chi connectivity index (χ0v) is 28.2. The fourth-order valence-electron chi connectivity index (χ4n) is 5.56. The van der Waals surface area contributed by atoms with Gasteiger partial charge in [-0.2, -0.15) is 0 Å². The first-order chi connectivity index (χ1) is 22.5. The second-order valence-corrected chi connectivity index (χ2v) is 14.0. The van der Waals surface area contributed by atoms with Crippen molar-refractivity contribution in [3.05, 3.63) is 105 Å². The number of sulfonamides is 1. The standard InChI is InChI=1S/C33H40Cl2N6O5S/c34-27-10-8-23(17-36)25(15-27)19-38-31(42)13-12-29(40-47(45,46)21-22-5-2-1-3-6-22)33(44)41-14-4-7-30(41)32(43)39-20-26-16-28(35)11-9-24(26)18-37/h1-3,5-6,8-11,15-16,29-30,40H,4,7,12-14,17-21,36-37H2,(H,38,42)(H,39,43). The van der Waals surface area contributed by atoms with Gasteiger partial charge < -0.3 is 27.0 Å². The van der Waals surface area contributed by atoms with E-state index in [0.29, 0.717) is 28.5 Å². The molecule has 3 aromatic rings. The minimum Gasteiger partial charge on any atom is -0.352 e. The Labute approximate surface area is 285 Å². The van der Waals surface area contributed by atoms with Crippen LogP contribution in [0.15, 0.2) is 66.7 Å². The van der Waals surface area contributed by atoms with Gasteiger partial charge >= 0.3 is 0 Å². The fraction of sp³-hybridized carbons (Fsp3) is 0.364. The summed E-state index contributed by atoms with van der Waals surface area (Å²) in [6.45, 7) is 1.12. The van der Waals surface area contributed by atoms with Crippen LogP contribution < -0.4 is 26.8 Å².